The maximum atomic E-state index is 14.0. The average Bonchev–Trinajstić information content (AvgIpc) is 2.78. The van der Waals surface area contributed by atoms with E-state index in [-0.39, 0.29) is 5.92 Å². The van der Waals surface area contributed by atoms with Gasteiger partial charge in [0.25, 0.3) is 0 Å². The van der Waals surface area contributed by atoms with E-state index in [9.17, 15) is 8.78 Å². The predicted octanol–water partition coefficient (Wildman–Crippen LogP) is 9.06. The molecule has 3 rings (SSSR count). The molecule has 0 aromatic heterocycles. The van der Waals surface area contributed by atoms with E-state index in [0.717, 1.165) is 36.2 Å². The Balaban J connectivity index is 1.32. The summed E-state index contributed by atoms with van der Waals surface area (Å²) in [5.41, 5.74) is 0.282. The number of benzene rings is 1. The van der Waals surface area contributed by atoms with E-state index in [4.69, 9.17) is 5.26 Å². The number of halogens is 2. The lowest BCUT2D eigenvalue weighted by molar-refractivity contribution is 0.222. The van der Waals surface area contributed by atoms with E-state index in [1.807, 2.05) is 0 Å². The molecule has 0 radical (unpaired) electrons. The van der Waals surface area contributed by atoms with Gasteiger partial charge in [0.1, 0.15) is 23.3 Å². The minimum Gasteiger partial charge on any atom is -0.205 e. The molecule has 2 fully saturated rings. The van der Waals surface area contributed by atoms with Gasteiger partial charge in [-0.1, -0.05) is 84.0 Å². The highest BCUT2D eigenvalue weighted by molar-refractivity contribution is 5.36. The monoisotopic (exact) mass is 429 g/mol. The molecule has 0 bridgehead atoms. The molecule has 0 unspecified atom stereocenters. The normalized spacial score (nSPS) is 26.5. The summed E-state index contributed by atoms with van der Waals surface area (Å²) in [4.78, 5) is 0. The molecule has 0 spiro atoms. The number of hydrogen-bond donors (Lipinski definition) is 0. The summed E-state index contributed by atoms with van der Waals surface area (Å²) >= 11 is 0. The molecule has 2 aliphatic carbocycles. The van der Waals surface area contributed by atoms with E-state index in [0.29, 0.717) is 0 Å². The molecule has 0 N–H and O–H groups in total. The van der Waals surface area contributed by atoms with Gasteiger partial charge in [-0.05, 0) is 67.1 Å². The minimum atomic E-state index is -0.712. The fourth-order valence-corrected chi connectivity index (χ4v) is 6.04. The first kappa shape index (κ1) is 24.2. The van der Waals surface area contributed by atoms with Crippen LogP contribution in [0, 0.1) is 40.7 Å². The second kappa shape index (κ2) is 12.6. The molecule has 172 valence electrons. The molecular weight excluding hydrogens is 388 g/mol. The Kier molecular flexibility index (Phi) is 9.82. The van der Waals surface area contributed by atoms with Gasteiger partial charge in [-0.15, -0.1) is 0 Å². The largest absolute Gasteiger partial charge is 0.205 e. The lowest BCUT2D eigenvalue weighted by Crippen LogP contribution is -2.18. The summed E-state index contributed by atoms with van der Waals surface area (Å²) in [6.45, 7) is 2.28. The Morgan fingerprint density at radius 2 is 1.23 bits per heavy atom. The van der Waals surface area contributed by atoms with Crippen LogP contribution < -0.4 is 0 Å². The van der Waals surface area contributed by atoms with Crippen molar-refractivity contribution in [1.29, 1.82) is 5.26 Å². The molecule has 3 heteroatoms. The third kappa shape index (κ3) is 7.30. The van der Waals surface area contributed by atoms with Crippen LogP contribution in [-0.4, -0.2) is 0 Å². The number of nitrogens with zero attached hydrogens (tertiary/aromatic N) is 1. The van der Waals surface area contributed by atoms with Gasteiger partial charge < -0.3 is 0 Å². The second-order valence-electron chi connectivity index (χ2n) is 10.4. The zero-order chi connectivity index (χ0) is 22.1. The highest BCUT2D eigenvalue weighted by Crippen LogP contribution is 2.40. The maximum absolute atomic E-state index is 14.0. The van der Waals surface area contributed by atoms with Crippen LogP contribution in [0.15, 0.2) is 12.1 Å². The van der Waals surface area contributed by atoms with Crippen LogP contribution in [0.4, 0.5) is 8.78 Å². The lowest BCUT2D eigenvalue weighted by Gasteiger charge is -2.32. The molecule has 2 aliphatic rings. The Hall–Kier alpha value is -1.43. The number of nitriles is 1. The van der Waals surface area contributed by atoms with Crippen LogP contribution in [0.1, 0.15) is 127 Å². The molecule has 0 saturated heterocycles. The van der Waals surface area contributed by atoms with Crippen LogP contribution in [0.2, 0.25) is 0 Å². The van der Waals surface area contributed by atoms with E-state index >= 15 is 0 Å². The summed E-state index contributed by atoms with van der Waals surface area (Å²) in [5, 5.41) is 8.85. The van der Waals surface area contributed by atoms with Crippen LogP contribution in [-0.2, 0) is 0 Å². The van der Waals surface area contributed by atoms with Crippen LogP contribution >= 0.6 is 0 Å². The second-order valence-corrected chi connectivity index (χ2v) is 10.4. The molecular formula is C28H41F2N. The van der Waals surface area contributed by atoms with Crippen molar-refractivity contribution in [2.24, 2.45) is 17.8 Å². The van der Waals surface area contributed by atoms with Gasteiger partial charge in [0.15, 0.2) is 0 Å². The zero-order valence-corrected chi connectivity index (χ0v) is 19.5. The maximum Gasteiger partial charge on any atom is 0.144 e. The van der Waals surface area contributed by atoms with Gasteiger partial charge in [0, 0.05) is 0 Å². The van der Waals surface area contributed by atoms with Gasteiger partial charge in [-0.2, -0.15) is 5.26 Å². The van der Waals surface area contributed by atoms with Crippen molar-refractivity contribution in [3.8, 4) is 6.07 Å². The first-order chi connectivity index (χ1) is 15.1. The van der Waals surface area contributed by atoms with Crippen molar-refractivity contribution in [2.45, 2.75) is 116 Å². The summed E-state index contributed by atoms with van der Waals surface area (Å²) < 4.78 is 27.9. The van der Waals surface area contributed by atoms with E-state index in [1.54, 1.807) is 6.07 Å². The lowest BCUT2D eigenvalue weighted by atomic mass is 9.74. The summed E-state index contributed by atoms with van der Waals surface area (Å²) in [6, 6.07) is 4.39. The number of rotatable bonds is 10. The first-order valence-electron chi connectivity index (χ1n) is 13.0. The minimum absolute atomic E-state index is 0.237. The summed E-state index contributed by atoms with van der Waals surface area (Å²) in [6.07, 6.45) is 21.3. The molecule has 0 aliphatic heterocycles. The fourth-order valence-electron chi connectivity index (χ4n) is 6.04. The Labute approximate surface area is 188 Å². The van der Waals surface area contributed by atoms with Crippen LogP contribution in [0.3, 0.4) is 0 Å². The fraction of sp³-hybridized carbons (Fsp3) is 0.750. The van der Waals surface area contributed by atoms with Crippen LogP contribution in [0.5, 0.6) is 0 Å². The Morgan fingerprint density at radius 3 is 1.74 bits per heavy atom. The van der Waals surface area contributed by atoms with E-state index in [2.05, 4.69) is 6.92 Å². The van der Waals surface area contributed by atoms with Gasteiger partial charge in [0.2, 0.25) is 0 Å². The SMILES string of the molecule is CCCCCCC[C@H]1CC[C@H](CCC2CCC(c3cc(F)c(C#N)c(F)c3)CC2)CC1. The van der Waals surface area contributed by atoms with Gasteiger partial charge in [0.05, 0.1) is 0 Å². The van der Waals surface area contributed by atoms with Gasteiger partial charge in [-0.3, -0.25) is 0 Å². The Bertz CT molecular complexity index is 683. The third-order valence-electron chi connectivity index (χ3n) is 8.16. The zero-order valence-electron chi connectivity index (χ0n) is 19.5. The molecule has 0 atom stereocenters. The van der Waals surface area contributed by atoms with Crippen molar-refractivity contribution in [1.82, 2.24) is 0 Å². The Morgan fingerprint density at radius 1 is 0.742 bits per heavy atom. The smallest absolute Gasteiger partial charge is 0.144 e. The summed E-state index contributed by atoms with van der Waals surface area (Å²) in [7, 11) is 0. The standard InChI is InChI=1S/C28H41F2N/c1-2-3-4-5-6-7-21-8-10-22(11-9-21)12-13-23-14-16-24(17-15-23)25-18-27(29)26(20-31)28(30)19-25/h18-19,21-24H,2-17H2,1H3/t21-,22-,23?,24?. The molecule has 31 heavy (non-hydrogen) atoms. The van der Waals surface area contributed by atoms with E-state index < -0.39 is 17.2 Å². The third-order valence-corrected chi connectivity index (χ3v) is 8.16. The molecule has 1 aromatic rings. The highest BCUT2D eigenvalue weighted by Gasteiger charge is 2.26. The van der Waals surface area contributed by atoms with Crippen molar-refractivity contribution >= 4 is 0 Å². The molecule has 0 amide bonds. The van der Waals surface area contributed by atoms with Crippen molar-refractivity contribution in [3.05, 3.63) is 34.9 Å². The summed E-state index contributed by atoms with van der Waals surface area (Å²) in [5.74, 6) is 1.51. The van der Waals surface area contributed by atoms with Gasteiger partial charge in [-0.25, -0.2) is 8.78 Å². The quantitative estimate of drug-likeness (QED) is 0.340. The topological polar surface area (TPSA) is 23.8 Å². The van der Waals surface area contributed by atoms with Crippen molar-refractivity contribution in [3.63, 3.8) is 0 Å². The van der Waals surface area contributed by atoms with Crippen molar-refractivity contribution < 1.29 is 8.78 Å². The number of hydrogen-bond acceptors (Lipinski definition) is 1. The van der Waals surface area contributed by atoms with Crippen molar-refractivity contribution in [2.75, 3.05) is 0 Å². The molecule has 2 saturated carbocycles. The number of unbranched alkanes of at least 4 members (excludes halogenated alkanes) is 4. The molecule has 1 aromatic carbocycles. The molecule has 1 nitrogen and oxygen atoms in total. The highest BCUT2D eigenvalue weighted by atomic mass is 19.1. The molecule has 0 heterocycles. The average molecular weight is 430 g/mol. The first-order valence-corrected chi connectivity index (χ1v) is 13.0. The van der Waals surface area contributed by atoms with Crippen LogP contribution in [0.25, 0.3) is 0 Å². The van der Waals surface area contributed by atoms with Gasteiger partial charge >= 0.3 is 0 Å². The predicted molar refractivity (Wildman–Crippen MR) is 124 cm³/mol. The van der Waals surface area contributed by atoms with E-state index in [1.165, 1.54) is 102 Å².